The number of H-pyrrole nitrogens is 1. The van der Waals surface area contributed by atoms with Crippen LogP contribution in [0.1, 0.15) is 47.9 Å². The average Bonchev–Trinajstić information content (AvgIpc) is 3.60. The van der Waals surface area contributed by atoms with Crippen molar-refractivity contribution in [3.63, 3.8) is 0 Å². The van der Waals surface area contributed by atoms with Gasteiger partial charge in [-0.1, -0.05) is 36.4 Å². The van der Waals surface area contributed by atoms with E-state index in [0.29, 0.717) is 37.0 Å². The van der Waals surface area contributed by atoms with Gasteiger partial charge in [0.15, 0.2) is 11.5 Å². The molecule has 2 aromatic carbocycles. The summed E-state index contributed by atoms with van der Waals surface area (Å²) in [5.74, 6) is 1.33. The molecule has 3 heterocycles. The van der Waals surface area contributed by atoms with Gasteiger partial charge in [-0.05, 0) is 38.0 Å². The molecule has 1 amide bonds. The highest BCUT2D eigenvalue weighted by Crippen LogP contribution is 2.44. The molecule has 0 fully saturated rings. The van der Waals surface area contributed by atoms with Crippen LogP contribution in [-0.4, -0.2) is 50.3 Å². The molecule has 0 radical (unpaired) electrons. The van der Waals surface area contributed by atoms with E-state index >= 15 is 0 Å². The van der Waals surface area contributed by atoms with Crippen LogP contribution in [0.15, 0.2) is 67.3 Å². The second kappa shape index (κ2) is 10.0. The molecule has 8 heteroatoms. The summed E-state index contributed by atoms with van der Waals surface area (Å²) in [4.78, 5) is 19.6. The van der Waals surface area contributed by atoms with E-state index in [2.05, 4.69) is 15.2 Å². The molecule has 1 atom stereocenters. The molecular formula is C27H29N5O3. The van der Waals surface area contributed by atoms with Crippen LogP contribution in [0.25, 0.3) is 11.3 Å². The first-order valence-corrected chi connectivity index (χ1v) is 12.0. The first kappa shape index (κ1) is 22.7. The second-order valence-corrected chi connectivity index (χ2v) is 8.35. The molecule has 8 nitrogen and oxygen atoms in total. The second-order valence-electron chi connectivity index (χ2n) is 8.35. The number of benzene rings is 2. The third-order valence-corrected chi connectivity index (χ3v) is 6.17. The number of fused-ring (bicyclic) bond motifs is 1. The van der Waals surface area contributed by atoms with E-state index in [9.17, 15) is 4.79 Å². The van der Waals surface area contributed by atoms with Crippen molar-refractivity contribution < 1.29 is 14.3 Å². The summed E-state index contributed by atoms with van der Waals surface area (Å²) in [5.41, 5.74) is 4.17. The zero-order valence-electron chi connectivity index (χ0n) is 20.0. The van der Waals surface area contributed by atoms with Gasteiger partial charge in [0.25, 0.3) is 5.91 Å². The summed E-state index contributed by atoms with van der Waals surface area (Å²) >= 11 is 0. The van der Waals surface area contributed by atoms with E-state index in [4.69, 9.17) is 9.47 Å². The Morgan fingerprint density at radius 3 is 2.54 bits per heavy atom. The van der Waals surface area contributed by atoms with Gasteiger partial charge < -0.3 is 18.9 Å². The molecule has 0 spiro atoms. The Morgan fingerprint density at radius 1 is 1.00 bits per heavy atom. The van der Waals surface area contributed by atoms with Crippen molar-refractivity contribution in [1.82, 2.24) is 24.6 Å². The van der Waals surface area contributed by atoms with Gasteiger partial charge in [-0.2, -0.15) is 5.10 Å². The Kier molecular flexibility index (Phi) is 6.52. The molecule has 180 valence electrons. The highest BCUT2D eigenvalue weighted by molar-refractivity contribution is 6.00. The van der Waals surface area contributed by atoms with E-state index in [0.717, 1.165) is 35.3 Å². The molecule has 1 aliphatic heterocycles. The van der Waals surface area contributed by atoms with E-state index in [1.165, 1.54) is 0 Å². The van der Waals surface area contributed by atoms with Crippen molar-refractivity contribution in [2.45, 2.75) is 32.9 Å². The van der Waals surface area contributed by atoms with Gasteiger partial charge in [-0.3, -0.25) is 9.89 Å². The predicted molar refractivity (Wildman–Crippen MR) is 133 cm³/mol. The van der Waals surface area contributed by atoms with Crippen LogP contribution >= 0.6 is 0 Å². The Morgan fingerprint density at radius 2 is 1.80 bits per heavy atom. The number of carbonyl (C=O) groups excluding carboxylic acids is 1. The summed E-state index contributed by atoms with van der Waals surface area (Å²) in [5, 5.41) is 7.58. The zero-order chi connectivity index (χ0) is 24.2. The lowest BCUT2D eigenvalue weighted by Crippen LogP contribution is -2.31. The minimum Gasteiger partial charge on any atom is -0.490 e. The van der Waals surface area contributed by atoms with Crippen molar-refractivity contribution in [1.29, 1.82) is 0 Å². The molecule has 0 saturated carbocycles. The fraction of sp³-hybridized carbons (Fsp3) is 0.296. The van der Waals surface area contributed by atoms with Gasteiger partial charge in [0, 0.05) is 36.6 Å². The van der Waals surface area contributed by atoms with Crippen molar-refractivity contribution in [3.05, 3.63) is 84.1 Å². The SMILES string of the molecule is CCOc1ccc(C2c3c(-c4ccccc4)n[nH]c3C(=O)N2CCCn2ccnc2)cc1OCC. The number of carbonyl (C=O) groups is 1. The van der Waals surface area contributed by atoms with Crippen molar-refractivity contribution in [2.75, 3.05) is 19.8 Å². The standard InChI is InChI=1S/C27H29N5O3/c1-3-34-21-12-11-20(17-22(21)35-4-2)26-23-24(19-9-6-5-7-10-19)29-30-25(23)27(33)32(26)15-8-14-31-16-13-28-18-31/h5-7,9-13,16-18,26H,3-4,8,14-15H2,1-2H3,(H,29,30). The largest absolute Gasteiger partial charge is 0.490 e. The highest BCUT2D eigenvalue weighted by Gasteiger charge is 2.42. The molecule has 1 N–H and O–H groups in total. The number of amides is 1. The molecule has 0 saturated heterocycles. The monoisotopic (exact) mass is 471 g/mol. The Balaban J connectivity index is 1.55. The molecule has 1 aliphatic rings. The molecule has 0 aliphatic carbocycles. The number of hydrogen-bond donors (Lipinski definition) is 1. The van der Waals surface area contributed by atoms with Gasteiger partial charge in [-0.25, -0.2) is 4.98 Å². The third-order valence-electron chi connectivity index (χ3n) is 6.17. The summed E-state index contributed by atoms with van der Waals surface area (Å²) in [6, 6.07) is 15.6. The number of aromatic nitrogens is 4. The number of nitrogens with one attached hydrogen (secondary N) is 1. The minimum atomic E-state index is -0.288. The lowest BCUT2D eigenvalue weighted by molar-refractivity contribution is 0.0739. The van der Waals surface area contributed by atoms with Crippen molar-refractivity contribution in [3.8, 4) is 22.8 Å². The van der Waals surface area contributed by atoms with E-state index in [1.54, 1.807) is 12.5 Å². The van der Waals surface area contributed by atoms with Gasteiger partial charge in [0.2, 0.25) is 0 Å². The predicted octanol–water partition coefficient (Wildman–Crippen LogP) is 4.71. The summed E-state index contributed by atoms with van der Waals surface area (Å²) < 4.78 is 13.7. The number of imidazole rings is 1. The molecule has 2 aromatic heterocycles. The highest BCUT2D eigenvalue weighted by atomic mass is 16.5. The first-order chi connectivity index (χ1) is 17.2. The number of aromatic amines is 1. The summed E-state index contributed by atoms with van der Waals surface area (Å²) in [6.07, 6.45) is 6.29. The third kappa shape index (κ3) is 4.39. The van der Waals surface area contributed by atoms with Gasteiger partial charge in [-0.15, -0.1) is 0 Å². The molecule has 5 rings (SSSR count). The molecule has 4 aromatic rings. The summed E-state index contributed by atoms with van der Waals surface area (Å²) in [6.45, 7) is 6.34. The number of rotatable bonds is 10. The zero-order valence-corrected chi connectivity index (χ0v) is 20.0. The number of nitrogens with zero attached hydrogens (tertiary/aromatic N) is 4. The van der Waals surface area contributed by atoms with Crippen LogP contribution in [0.2, 0.25) is 0 Å². The van der Waals surface area contributed by atoms with Gasteiger partial charge in [0.1, 0.15) is 5.69 Å². The quantitative estimate of drug-likeness (QED) is 0.362. The van der Waals surface area contributed by atoms with Crippen LogP contribution in [0.3, 0.4) is 0 Å². The molecule has 35 heavy (non-hydrogen) atoms. The fourth-order valence-corrected chi connectivity index (χ4v) is 4.67. The van der Waals surface area contributed by atoms with Gasteiger partial charge in [0.05, 0.1) is 31.3 Å². The first-order valence-electron chi connectivity index (χ1n) is 12.0. The van der Waals surface area contributed by atoms with Crippen LogP contribution in [0.4, 0.5) is 0 Å². The Bertz CT molecular complexity index is 1280. The van der Waals surface area contributed by atoms with Crippen LogP contribution in [-0.2, 0) is 6.54 Å². The normalized spacial score (nSPS) is 14.9. The smallest absolute Gasteiger partial charge is 0.273 e. The molecule has 0 bridgehead atoms. The lowest BCUT2D eigenvalue weighted by atomic mass is 9.95. The van der Waals surface area contributed by atoms with Crippen LogP contribution in [0.5, 0.6) is 11.5 Å². The maximum atomic E-state index is 13.6. The topological polar surface area (TPSA) is 85.3 Å². The lowest BCUT2D eigenvalue weighted by Gasteiger charge is -2.27. The Labute approximate surface area is 204 Å². The molecule has 1 unspecified atom stereocenters. The van der Waals surface area contributed by atoms with E-state index in [-0.39, 0.29) is 11.9 Å². The van der Waals surface area contributed by atoms with Crippen molar-refractivity contribution >= 4 is 5.91 Å². The Hall–Kier alpha value is -4.07. The fourth-order valence-electron chi connectivity index (χ4n) is 4.67. The van der Waals surface area contributed by atoms with Crippen molar-refractivity contribution in [2.24, 2.45) is 0 Å². The number of aryl methyl sites for hydroxylation is 1. The average molecular weight is 472 g/mol. The molecular weight excluding hydrogens is 442 g/mol. The number of ether oxygens (including phenoxy) is 2. The summed E-state index contributed by atoms with van der Waals surface area (Å²) in [7, 11) is 0. The van der Waals surface area contributed by atoms with Crippen LogP contribution < -0.4 is 9.47 Å². The van der Waals surface area contributed by atoms with Gasteiger partial charge >= 0.3 is 0 Å². The van der Waals surface area contributed by atoms with E-state index < -0.39 is 0 Å². The maximum absolute atomic E-state index is 13.6. The van der Waals surface area contributed by atoms with Crippen LogP contribution in [0, 0.1) is 0 Å². The number of hydrogen-bond acceptors (Lipinski definition) is 5. The minimum absolute atomic E-state index is 0.0443. The maximum Gasteiger partial charge on any atom is 0.273 e. The van der Waals surface area contributed by atoms with E-state index in [1.807, 2.05) is 78.0 Å².